The maximum atomic E-state index is 13.2. The van der Waals surface area contributed by atoms with Gasteiger partial charge >= 0.3 is 6.03 Å². The Bertz CT molecular complexity index is 964. The summed E-state index contributed by atoms with van der Waals surface area (Å²) in [4.78, 5) is 32.8. The van der Waals surface area contributed by atoms with E-state index in [1.54, 1.807) is 36.4 Å². The number of carbonyl (C=O) groups is 2. The molecule has 2 atom stereocenters. The molecule has 0 spiro atoms. The Morgan fingerprint density at radius 2 is 1.43 bits per heavy atom. The van der Waals surface area contributed by atoms with E-state index in [0.717, 1.165) is 10.5 Å². The zero-order valence-electron chi connectivity index (χ0n) is 15.1. The number of urea groups is 1. The first-order valence-electron chi connectivity index (χ1n) is 9.01. The van der Waals surface area contributed by atoms with Gasteiger partial charge in [0.15, 0.2) is 0 Å². The van der Waals surface area contributed by atoms with E-state index in [2.05, 4.69) is 4.98 Å². The number of hydrogen-bond donors (Lipinski definition) is 1. The molecule has 2 aromatic carbocycles. The van der Waals surface area contributed by atoms with E-state index < -0.39 is 24.1 Å². The second-order valence-electron chi connectivity index (χ2n) is 6.58. The van der Waals surface area contributed by atoms with Gasteiger partial charge in [0.1, 0.15) is 6.23 Å². The number of carbonyl (C=O) groups excluding carboxylic acids is 2. The molecule has 1 aliphatic rings. The number of aromatic nitrogens is 1. The SMILES string of the molecule is O=C1C(Cc2ccccc2)C(O)N(c2ccccc2)C(=O)N1c1ccncc1. The molecule has 2 unspecified atom stereocenters. The Hall–Kier alpha value is -3.51. The summed E-state index contributed by atoms with van der Waals surface area (Å²) in [6, 6.07) is 21.0. The lowest BCUT2D eigenvalue weighted by Gasteiger charge is -2.42. The summed E-state index contributed by atoms with van der Waals surface area (Å²) < 4.78 is 0. The van der Waals surface area contributed by atoms with Crippen LogP contribution >= 0.6 is 0 Å². The number of benzene rings is 2. The van der Waals surface area contributed by atoms with Crippen molar-refractivity contribution >= 4 is 23.3 Å². The predicted molar refractivity (Wildman–Crippen MR) is 106 cm³/mol. The van der Waals surface area contributed by atoms with Gasteiger partial charge in [-0.3, -0.25) is 14.7 Å². The summed E-state index contributed by atoms with van der Waals surface area (Å²) in [7, 11) is 0. The molecule has 140 valence electrons. The number of anilines is 2. The molecule has 1 aromatic heterocycles. The van der Waals surface area contributed by atoms with E-state index in [1.165, 1.54) is 17.3 Å². The summed E-state index contributed by atoms with van der Waals surface area (Å²) in [6.45, 7) is 0. The molecule has 0 radical (unpaired) electrons. The van der Waals surface area contributed by atoms with Crippen LogP contribution in [0.2, 0.25) is 0 Å². The molecule has 6 heteroatoms. The molecular weight excluding hydrogens is 354 g/mol. The van der Waals surface area contributed by atoms with Crippen molar-refractivity contribution in [2.45, 2.75) is 12.6 Å². The summed E-state index contributed by atoms with van der Waals surface area (Å²) in [5, 5.41) is 11.0. The van der Waals surface area contributed by atoms with E-state index in [1.807, 2.05) is 36.4 Å². The maximum Gasteiger partial charge on any atom is 0.337 e. The Balaban J connectivity index is 1.77. The van der Waals surface area contributed by atoms with Crippen molar-refractivity contribution in [3.05, 3.63) is 90.8 Å². The van der Waals surface area contributed by atoms with E-state index >= 15 is 0 Å². The third-order valence-electron chi connectivity index (χ3n) is 4.81. The van der Waals surface area contributed by atoms with Crippen molar-refractivity contribution in [1.29, 1.82) is 0 Å². The lowest BCUT2D eigenvalue weighted by Crippen LogP contribution is -2.63. The van der Waals surface area contributed by atoms with Crippen LogP contribution in [0.4, 0.5) is 16.2 Å². The Morgan fingerprint density at radius 1 is 0.821 bits per heavy atom. The minimum atomic E-state index is -1.26. The lowest BCUT2D eigenvalue weighted by atomic mass is 9.93. The van der Waals surface area contributed by atoms with Gasteiger partial charge in [-0.2, -0.15) is 0 Å². The molecule has 2 heterocycles. The number of rotatable bonds is 4. The van der Waals surface area contributed by atoms with Gasteiger partial charge in [0.2, 0.25) is 5.91 Å². The van der Waals surface area contributed by atoms with Gasteiger partial charge in [0.05, 0.1) is 11.6 Å². The summed E-state index contributed by atoms with van der Waals surface area (Å²) >= 11 is 0. The van der Waals surface area contributed by atoms with Gasteiger partial charge in [0, 0.05) is 18.1 Å². The van der Waals surface area contributed by atoms with Gasteiger partial charge in [-0.25, -0.2) is 9.69 Å². The summed E-state index contributed by atoms with van der Waals surface area (Å²) in [5.74, 6) is -1.23. The molecule has 3 amide bonds. The quantitative estimate of drug-likeness (QED) is 0.762. The van der Waals surface area contributed by atoms with Crippen LogP contribution in [-0.2, 0) is 11.2 Å². The van der Waals surface area contributed by atoms with Crippen molar-refractivity contribution in [2.75, 3.05) is 9.80 Å². The van der Waals surface area contributed by atoms with Crippen LogP contribution in [0.1, 0.15) is 5.56 Å². The van der Waals surface area contributed by atoms with Gasteiger partial charge in [-0.05, 0) is 36.2 Å². The standard InChI is InChI=1S/C22H19N3O3/c26-20-19(15-16-7-3-1-4-8-16)21(27)25(18-11-13-23-14-12-18)22(28)24(20)17-9-5-2-6-10-17/h1-14,19-20,26H,15H2. The first-order valence-corrected chi connectivity index (χ1v) is 9.01. The van der Waals surface area contributed by atoms with Gasteiger partial charge in [-0.15, -0.1) is 0 Å². The highest BCUT2D eigenvalue weighted by atomic mass is 16.3. The minimum absolute atomic E-state index is 0.318. The molecule has 6 nitrogen and oxygen atoms in total. The van der Waals surface area contributed by atoms with Gasteiger partial charge < -0.3 is 5.11 Å². The summed E-state index contributed by atoms with van der Waals surface area (Å²) in [6.07, 6.45) is 2.11. The fourth-order valence-electron chi connectivity index (χ4n) is 3.43. The molecular formula is C22H19N3O3. The molecule has 1 aliphatic heterocycles. The second kappa shape index (κ2) is 7.62. The molecule has 0 aliphatic carbocycles. The third kappa shape index (κ3) is 3.25. The van der Waals surface area contributed by atoms with Gasteiger partial charge in [0.25, 0.3) is 0 Å². The normalized spacial score (nSPS) is 19.8. The number of aliphatic hydroxyl groups excluding tert-OH is 1. The molecule has 1 fully saturated rings. The zero-order valence-corrected chi connectivity index (χ0v) is 15.1. The number of hydrogen-bond acceptors (Lipinski definition) is 4. The number of amides is 3. The average Bonchev–Trinajstić information content (AvgIpc) is 2.74. The highest BCUT2D eigenvalue weighted by molar-refractivity contribution is 6.22. The van der Waals surface area contributed by atoms with Crippen molar-refractivity contribution in [3.63, 3.8) is 0 Å². The summed E-state index contributed by atoms with van der Waals surface area (Å²) in [5.41, 5.74) is 1.87. The number of nitrogens with zero attached hydrogens (tertiary/aromatic N) is 3. The number of aliphatic hydroxyl groups is 1. The Labute approximate surface area is 162 Å². The molecule has 0 saturated carbocycles. The molecule has 4 rings (SSSR count). The number of imide groups is 1. The van der Waals surface area contributed by atoms with E-state index in [4.69, 9.17) is 0 Å². The topological polar surface area (TPSA) is 73.7 Å². The zero-order chi connectivity index (χ0) is 19.5. The largest absolute Gasteiger partial charge is 0.372 e. The average molecular weight is 373 g/mol. The minimum Gasteiger partial charge on any atom is -0.372 e. The smallest absolute Gasteiger partial charge is 0.337 e. The van der Waals surface area contributed by atoms with E-state index in [0.29, 0.717) is 17.8 Å². The number of para-hydroxylation sites is 1. The first-order chi connectivity index (χ1) is 13.7. The highest BCUT2D eigenvalue weighted by Crippen LogP contribution is 2.32. The van der Waals surface area contributed by atoms with Crippen molar-refractivity contribution in [3.8, 4) is 0 Å². The highest BCUT2D eigenvalue weighted by Gasteiger charge is 2.46. The van der Waals surface area contributed by atoms with E-state index in [9.17, 15) is 14.7 Å². The monoisotopic (exact) mass is 373 g/mol. The molecule has 0 bridgehead atoms. The van der Waals surface area contributed by atoms with Crippen LogP contribution in [0.25, 0.3) is 0 Å². The van der Waals surface area contributed by atoms with Crippen LogP contribution < -0.4 is 9.80 Å². The van der Waals surface area contributed by atoms with Crippen LogP contribution in [0, 0.1) is 5.92 Å². The van der Waals surface area contributed by atoms with Crippen LogP contribution in [0.15, 0.2) is 85.2 Å². The first kappa shape index (κ1) is 17.9. The molecule has 1 saturated heterocycles. The predicted octanol–water partition coefficient (Wildman–Crippen LogP) is 3.23. The second-order valence-corrected chi connectivity index (χ2v) is 6.58. The van der Waals surface area contributed by atoms with E-state index in [-0.39, 0.29) is 0 Å². The van der Waals surface area contributed by atoms with Crippen molar-refractivity contribution < 1.29 is 14.7 Å². The molecule has 1 N–H and O–H groups in total. The van der Waals surface area contributed by atoms with Crippen molar-refractivity contribution in [1.82, 2.24) is 4.98 Å². The Kier molecular flexibility index (Phi) is 4.87. The van der Waals surface area contributed by atoms with Crippen LogP contribution in [0.5, 0.6) is 0 Å². The van der Waals surface area contributed by atoms with Crippen LogP contribution in [-0.4, -0.2) is 28.3 Å². The lowest BCUT2D eigenvalue weighted by molar-refractivity contribution is -0.126. The van der Waals surface area contributed by atoms with Crippen molar-refractivity contribution in [2.24, 2.45) is 5.92 Å². The fourth-order valence-corrected chi connectivity index (χ4v) is 3.43. The fraction of sp³-hybridized carbons (Fsp3) is 0.136. The third-order valence-corrected chi connectivity index (χ3v) is 4.81. The maximum absolute atomic E-state index is 13.2. The Morgan fingerprint density at radius 3 is 2.07 bits per heavy atom. The number of pyridine rings is 1. The molecule has 3 aromatic rings. The molecule has 28 heavy (non-hydrogen) atoms. The van der Waals surface area contributed by atoms with Gasteiger partial charge in [-0.1, -0.05) is 48.5 Å². The van der Waals surface area contributed by atoms with Crippen LogP contribution in [0.3, 0.4) is 0 Å².